The van der Waals surface area contributed by atoms with Crippen LogP contribution in [-0.2, 0) is 40.4 Å². The average molecular weight is 525 g/mol. The number of ether oxygens (including phenoxy) is 2. The Bertz CT molecular complexity index is 1460. The normalized spacial score (nSPS) is 15.7. The molecule has 1 N–H and O–H groups in total. The van der Waals surface area contributed by atoms with Crippen LogP contribution in [0.15, 0.2) is 23.0 Å². The summed E-state index contributed by atoms with van der Waals surface area (Å²) in [6, 6.07) is 5.78. The second-order valence-corrected chi connectivity index (χ2v) is 10.5. The Balaban J connectivity index is 1.54. The fourth-order valence-corrected chi connectivity index (χ4v) is 4.94. The number of hydrogen-bond acceptors (Lipinski definition) is 8. The van der Waals surface area contributed by atoms with E-state index >= 15 is 0 Å². The lowest BCUT2D eigenvalue weighted by atomic mass is 10.1. The maximum absolute atomic E-state index is 13.8. The van der Waals surface area contributed by atoms with Crippen molar-refractivity contribution in [3.63, 3.8) is 0 Å². The lowest BCUT2D eigenvalue weighted by molar-refractivity contribution is -0.137. The Hall–Kier alpha value is -3.93. The second-order valence-electron chi connectivity index (χ2n) is 10.5. The molecule has 0 bridgehead atoms. The summed E-state index contributed by atoms with van der Waals surface area (Å²) in [5.41, 5.74) is 2.84. The van der Waals surface area contributed by atoms with Crippen molar-refractivity contribution in [2.75, 3.05) is 31.1 Å². The van der Waals surface area contributed by atoms with Gasteiger partial charge in [0.25, 0.3) is 5.56 Å². The number of rotatable bonds is 5. The van der Waals surface area contributed by atoms with Gasteiger partial charge in [0.2, 0.25) is 5.78 Å². The minimum atomic E-state index is -1.05. The summed E-state index contributed by atoms with van der Waals surface area (Å²) in [7, 11) is 0. The average Bonchev–Trinajstić information content (AvgIpc) is 3.51. The first-order chi connectivity index (χ1) is 18.1. The molecule has 202 valence electrons. The first kappa shape index (κ1) is 25.7. The van der Waals surface area contributed by atoms with Gasteiger partial charge in [-0.05, 0) is 44.4 Å². The highest BCUT2D eigenvalue weighted by molar-refractivity contribution is 5.70. The molecule has 1 saturated heterocycles. The van der Waals surface area contributed by atoms with Crippen molar-refractivity contribution in [2.45, 2.75) is 59.5 Å². The van der Waals surface area contributed by atoms with Crippen molar-refractivity contribution in [1.29, 1.82) is 0 Å². The molecule has 1 amide bonds. The van der Waals surface area contributed by atoms with Gasteiger partial charge in [0.15, 0.2) is 5.82 Å². The van der Waals surface area contributed by atoms with Crippen molar-refractivity contribution in [3.8, 4) is 11.4 Å². The van der Waals surface area contributed by atoms with E-state index in [9.17, 15) is 19.5 Å². The number of anilines is 1. The molecular formula is C26H32N6O6. The summed E-state index contributed by atoms with van der Waals surface area (Å²) in [6.07, 6.45) is 0.0196. The quantitative estimate of drug-likeness (QED) is 0.534. The minimum absolute atomic E-state index is 0.178. The molecule has 0 saturated carbocycles. The monoisotopic (exact) mass is 524 g/mol. The van der Waals surface area contributed by atoms with Crippen LogP contribution in [0.4, 0.5) is 10.5 Å². The van der Waals surface area contributed by atoms with Crippen LogP contribution < -0.4 is 10.5 Å². The van der Waals surface area contributed by atoms with Gasteiger partial charge in [-0.1, -0.05) is 19.1 Å². The van der Waals surface area contributed by atoms with Crippen LogP contribution >= 0.6 is 0 Å². The first-order valence-electron chi connectivity index (χ1n) is 12.7. The Morgan fingerprint density at radius 1 is 1.11 bits per heavy atom. The van der Waals surface area contributed by atoms with Crippen LogP contribution in [0.2, 0.25) is 0 Å². The molecule has 3 aromatic rings. The number of nitrogens with zero attached hydrogens (tertiary/aromatic N) is 6. The first-order valence-corrected chi connectivity index (χ1v) is 12.7. The molecule has 2 aliphatic heterocycles. The van der Waals surface area contributed by atoms with Crippen LogP contribution in [0.3, 0.4) is 0 Å². The molecule has 4 heterocycles. The second kappa shape index (κ2) is 9.75. The predicted molar refractivity (Wildman–Crippen MR) is 138 cm³/mol. The zero-order valence-corrected chi connectivity index (χ0v) is 22.1. The molecular weight excluding hydrogens is 492 g/mol. The molecule has 12 nitrogen and oxygen atoms in total. The lowest BCUT2D eigenvalue weighted by Crippen LogP contribution is -2.51. The van der Waals surface area contributed by atoms with E-state index in [0.29, 0.717) is 63.0 Å². The Kier molecular flexibility index (Phi) is 6.59. The van der Waals surface area contributed by atoms with Gasteiger partial charge in [-0.25, -0.2) is 4.79 Å². The standard InChI is InChI=1S/C26H32N6O6/c1-5-19-21(29-8-10-30(11-9-29)25(36)38-26(2,3)4)23(35)32-24(31(19)13-20(33)34)27-22(28-32)16-6-7-17-14-37-15-18(17)12-16/h6-7,12H,5,8-11,13-15H2,1-4H3,(H,33,34). The summed E-state index contributed by atoms with van der Waals surface area (Å²) in [4.78, 5) is 46.3. The summed E-state index contributed by atoms with van der Waals surface area (Å²) >= 11 is 0. The number of carbonyl (C=O) groups excluding carboxylic acids is 1. The van der Waals surface area contributed by atoms with Gasteiger partial charge in [-0.15, -0.1) is 5.10 Å². The predicted octanol–water partition coefficient (Wildman–Crippen LogP) is 2.29. The number of piperazine rings is 1. The zero-order valence-electron chi connectivity index (χ0n) is 22.1. The van der Waals surface area contributed by atoms with Gasteiger partial charge in [-0.3, -0.25) is 9.59 Å². The molecule has 1 fully saturated rings. The number of hydrogen-bond donors (Lipinski definition) is 1. The smallest absolute Gasteiger partial charge is 0.410 e. The molecule has 0 spiro atoms. The van der Waals surface area contributed by atoms with Crippen LogP contribution in [0, 0.1) is 0 Å². The number of carboxylic acids is 1. The van der Waals surface area contributed by atoms with E-state index in [-0.39, 0.29) is 17.9 Å². The number of aliphatic carboxylic acids is 1. The van der Waals surface area contributed by atoms with Crippen LogP contribution in [0.25, 0.3) is 17.2 Å². The number of amides is 1. The van der Waals surface area contributed by atoms with E-state index in [4.69, 9.17) is 9.47 Å². The van der Waals surface area contributed by atoms with E-state index in [2.05, 4.69) is 10.1 Å². The third-order valence-corrected chi connectivity index (χ3v) is 6.68. The van der Waals surface area contributed by atoms with Crippen molar-refractivity contribution >= 4 is 23.5 Å². The molecule has 5 rings (SSSR count). The highest BCUT2D eigenvalue weighted by atomic mass is 16.6. The molecule has 0 unspecified atom stereocenters. The van der Waals surface area contributed by atoms with E-state index in [0.717, 1.165) is 16.7 Å². The summed E-state index contributed by atoms with van der Waals surface area (Å²) in [6.45, 7) is 9.55. The topological polar surface area (TPSA) is 132 Å². The van der Waals surface area contributed by atoms with Gasteiger partial charge in [0, 0.05) is 31.7 Å². The van der Waals surface area contributed by atoms with Crippen molar-refractivity contribution in [3.05, 3.63) is 45.4 Å². The van der Waals surface area contributed by atoms with Gasteiger partial charge in [0.05, 0.1) is 18.9 Å². The number of fused-ring (bicyclic) bond motifs is 2. The highest BCUT2D eigenvalue weighted by Crippen LogP contribution is 2.27. The third-order valence-electron chi connectivity index (χ3n) is 6.68. The van der Waals surface area contributed by atoms with E-state index < -0.39 is 17.7 Å². The molecule has 0 atom stereocenters. The fourth-order valence-electron chi connectivity index (χ4n) is 4.94. The SMILES string of the molecule is CCc1c(N2CCN(C(=O)OC(C)(C)C)CC2)c(=O)n2nc(-c3ccc4c(c3)COC4)nc2n1CC(=O)O. The summed E-state index contributed by atoms with van der Waals surface area (Å²) in [5.74, 6) is -0.535. The largest absolute Gasteiger partial charge is 0.480 e. The molecule has 12 heteroatoms. The van der Waals surface area contributed by atoms with Gasteiger partial charge in [-0.2, -0.15) is 9.50 Å². The number of benzene rings is 1. The van der Waals surface area contributed by atoms with Crippen LogP contribution in [0.1, 0.15) is 44.5 Å². The van der Waals surface area contributed by atoms with Crippen molar-refractivity contribution < 1.29 is 24.2 Å². The molecule has 0 radical (unpaired) electrons. The van der Waals surface area contributed by atoms with E-state index in [1.165, 1.54) is 4.52 Å². The molecule has 2 aliphatic rings. The van der Waals surface area contributed by atoms with Gasteiger partial charge < -0.3 is 28.9 Å². The van der Waals surface area contributed by atoms with Crippen molar-refractivity contribution in [2.24, 2.45) is 0 Å². The highest BCUT2D eigenvalue weighted by Gasteiger charge is 2.30. The lowest BCUT2D eigenvalue weighted by Gasteiger charge is -2.37. The fraction of sp³-hybridized carbons (Fsp3) is 0.500. The maximum atomic E-state index is 13.8. The molecule has 2 aromatic heterocycles. The van der Waals surface area contributed by atoms with Crippen LogP contribution in [0.5, 0.6) is 0 Å². The van der Waals surface area contributed by atoms with Gasteiger partial charge >= 0.3 is 12.1 Å². The zero-order chi connectivity index (χ0) is 27.2. The Morgan fingerprint density at radius 3 is 2.47 bits per heavy atom. The van der Waals surface area contributed by atoms with Gasteiger partial charge in [0.1, 0.15) is 17.8 Å². The van der Waals surface area contributed by atoms with E-state index in [1.807, 2.05) is 50.8 Å². The molecule has 1 aromatic carbocycles. The number of carboxylic acid groups (broad SMARTS) is 1. The van der Waals surface area contributed by atoms with Crippen molar-refractivity contribution in [1.82, 2.24) is 24.1 Å². The minimum Gasteiger partial charge on any atom is -0.480 e. The summed E-state index contributed by atoms with van der Waals surface area (Å²) in [5, 5.41) is 14.2. The maximum Gasteiger partial charge on any atom is 0.410 e. The van der Waals surface area contributed by atoms with Crippen LogP contribution in [-0.4, -0.2) is 73.0 Å². The molecule has 0 aliphatic carbocycles. The number of carbonyl (C=O) groups is 2. The Labute approximate surface area is 219 Å². The number of aromatic nitrogens is 4. The Morgan fingerprint density at radius 2 is 1.82 bits per heavy atom. The third kappa shape index (κ3) is 4.83. The molecule has 38 heavy (non-hydrogen) atoms. The van der Waals surface area contributed by atoms with E-state index in [1.54, 1.807) is 9.47 Å². The summed E-state index contributed by atoms with van der Waals surface area (Å²) < 4.78 is 13.7.